The molecule has 0 saturated carbocycles. The van der Waals surface area contributed by atoms with E-state index in [2.05, 4.69) is 10.1 Å². The van der Waals surface area contributed by atoms with Crippen molar-refractivity contribution in [3.05, 3.63) is 29.8 Å². The molecule has 4 nitrogen and oxygen atoms in total. The normalized spacial score (nSPS) is 9.12. The molecule has 0 atom stereocenters. The molecular formula is C11H16ClNO3. The van der Waals surface area contributed by atoms with Gasteiger partial charge in [-0.3, -0.25) is 0 Å². The second-order valence-electron chi connectivity index (χ2n) is 3.04. The van der Waals surface area contributed by atoms with Gasteiger partial charge in [-0.05, 0) is 24.7 Å². The zero-order valence-electron chi connectivity index (χ0n) is 9.36. The van der Waals surface area contributed by atoms with Gasteiger partial charge in [0.05, 0.1) is 7.11 Å². The first-order chi connectivity index (χ1) is 7.26. The second kappa shape index (κ2) is 7.96. The molecule has 0 aliphatic rings. The Kier molecular flexibility index (Phi) is 7.33. The van der Waals surface area contributed by atoms with E-state index in [1.54, 1.807) is 0 Å². The third-order valence-corrected chi connectivity index (χ3v) is 1.86. The summed E-state index contributed by atoms with van der Waals surface area (Å²) in [6.07, 6.45) is 0. The Labute approximate surface area is 101 Å². The molecule has 0 heterocycles. The lowest BCUT2D eigenvalue weighted by molar-refractivity contribution is -0.142. The lowest BCUT2D eigenvalue weighted by Crippen LogP contribution is -2.12. The Balaban J connectivity index is 0.00000225. The topological polar surface area (TPSA) is 47.6 Å². The number of hydrogen-bond donors (Lipinski definition) is 1. The van der Waals surface area contributed by atoms with Crippen LogP contribution in [-0.2, 0) is 16.1 Å². The molecule has 0 bridgehead atoms. The molecule has 0 spiro atoms. The van der Waals surface area contributed by atoms with E-state index in [0.29, 0.717) is 5.75 Å². The maximum atomic E-state index is 10.8. The maximum absolute atomic E-state index is 10.8. The first kappa shape index (κ1) is 14.7. The van der Waals surface area contributed by atoms with Gasteiger partial charge in [0.25, 0.3) is 0 Å². The Hall–Kier alpha value is -1.26. The van der Waals surface area contributed by atoms with Gasteiger partial charge in [0.2, 0.25) is 0 Å². The van der Waals surface area contributed by atoms with Crippen LogP contribution in [0.1, 0.15) is 5.56 Å². The third-order valence-electron chi connectivity index (χ3n) is 1.86. The molecule has 1 aromatic rings. The van der Waals surface area contributed by atoms with Crippen molar-refractivity contribution in [3.8, 4) is 5.75 Å². The van der Waals surface area contributed by atoms with Gasteiger partial charge in [-0.2, -0.15) is 0 Å². The van der Waals surface area contributed by atoms with E-state index in [9.17, 15) is 4.79 Å². The van der Waals surface area contributed by atoms with Crippen molar-refractivity contribution in [2.45, 2.75) is 6.54 Å². The van der Waals surface area contributed by atoms with Crippen LogP contribution in [0.2, 0.25) is 0 Å². The Morgan fingerprint density at radius 2 is 2.19 bits per heavy atom. The molecule has 0 saturated heterocycles. The van der Waals surface area contributed by atoms with Crippen LogP contribution in [0.15, 0.2) is 24.3 Å². The highest BCUT2D eigenvalue weighted by molar-refractivity contribution is 5.85. The van der Waals surface area contributed by atoms with Gasteiger partial charge >= 0.3 is 5.97 Å². The van der Waals surface area contributed by atoms with Crippen LogP contribution >= 0.6 is 12.4 Å². The van der Waals surface area contributed by atoms with Crippen LogP contribution in [0, 0.1) is 0 Å². The zero-order chi connectivity index (χ0) is 11.1. The number of halogens is 1. The van der Waals surface area contributed by atoms with Crippen molar-refractivity contribution in [1.29, 1.82) is 0 Å². The maximum Gasteiger partial charge on any atom is 0.343 e. The molecule has 1 N–H and O–H groups in total. The number of rotatable bonds is 5. The average molecular weight is 246 g/mol. The minimum absolute atomic E-state index is 0. The molecule has 90 valence electrons. The van der Waals surface area contributed by atoms with Gasteiger partial charge in [-0.1, -0.05) is 12.1 Å². The van der Waals surface area contributed by atoms with Gasteiger partial charge < -0.3 is 14.8 Å². The predicted molar refractivity (Wildman–Crippen MR) is 64.0 cm³/mol. The van der Waals surface area contributed by atoms with Gasteiger partial charge in [0.15, 0.2) is 6.61 Å². The van der Waals surface area contributed by atoms with Crippen molar-refractivity contribution in [2.75, 3.05) is 20.8 Å². The quantitative estimate of drug-likeness (QED) is 0.797. The monoisotopic (exact) mass is 245 g/mol. The molecule has 1 rings (SSSR count). The molecule has 0 amide bonds. The first-order valence-corrected chi connectivity index (χ1v) is 4.69. The van der Waals surface area contributed by atoms with E-state index in [1.165, 1.54) is 7.11 Å². The van der Waals surface area contributed by atoms with Gasteiger partial charge in [0.1, 0.15) is 5.75 Å². The second-order valence-corrected chi connectivity index (χ2v) is 3.04. The van der Waals surface area contributed by atoms with E-state index < -0.39 is 0 Å². The van der Waals surface area contributed by atoms with E-state index in [0.717, 1.165) is 12.1 Å². The van der Waals surface area contributed by atoms with Crippen molar-refractivity contribution < 1.29 is 14.3 Å². The molecule has 0 fully saturated rings. The summed E-state index contributed by atoms with van der Waals surface area (Å²) in [6.45, 7) is 0.717. The summed E-state index contributed by atoms with van der Waals surface area (Å²) in [7, 11) is 3.21. The Morgan fingerprint density at radius 1 is 1.44 bits per heavy atom. The van der Waals surface area contributed by atoms with Crippen molar-refractivity contribution in [2.24, 2.45) is 0 Å². The summed E-state index contributed by atoms with van der Waals surface area (Å²) in [6, 6.07) is 7.57. The molecular weight excluding hydrogens is 230 g/mol. The first-order valence-electron chi connectivity index (χ1n) is 4.69. The lowest BCUT2D eigenvalue weighted by atomic mass is 10.2. The molecule has 1 aromatic carbocycles. The summed E-state index contributed by atoms with van der Waals surface area (Å²) >= 11 is 0. The Morgan fingerprint density at radius 3 is 2.81 bits per heavy atom. The number of carbonyl (C=O) groups is 1. The predicted octanol–water partition coefficient (Wildman–Crippen LogP) is 1.38. The third kappa shape index (κ3) is 5.00. The SMILES string of the molecule is CNCc1cccc(OCC(=O)OC)c1.Cl. The molecule has 16 heavy (non-hydrogen) atoms. The van der Waals surface area contributed by atoms with Crippen LogP contribution < -0.4 is 10.1 Å². The summed E-state index contributed by atoms with van der Waals surface area (Å²) < 4.78 is 9.72. The van der Waals surface area contributed by atoms with Crippen LogP contribution in [0.4, 0.5) is 0 Å². The largest absolute Gasteiger partial charge is 0.482 e. The number of benzene rings is 1. The molecule has 0 unspecified atom stereocenters. The number of esters is 1. The number of carbonyl (C=O) groups excluding carboxylic acids is 1. The number of hydrogen-bond acceptors (Lipinski definition) is 4. The Bertz CT molecular complexity index is 331. The lowest BCUT2D eigenvalue weighted by Gasteiger charge is -2.06. The van der Waals surface area contributed by atoms with E-state index in [1.807, 2.05) is 31.3 Å². The van der Waals surface area contributed by atoms with Crippen molar-refractivity contribution >= 4 is 18.4 Å². The zero-order valence-corrected chi connectivity index (χ0v) is 10.2. The molecule has 0 aliphatic carbocycles. The summed E-state index contributed by atoms with van der Waals surface area (Å²) in [5.41, 5.74) is 1.11. The van der Waals surface area contributed by atoms with Crippen LogP contribution in [0.25, 0.3) is 0 Å². The summed E-state index contributed by atoms with van der Waals surface area (Å²) in [5, 5.41) is 3.04. The number of nitrogens with one attached hydrogen (secondary N) is 1. The molecule has 0 aromatic heterocycles. The van der Waals surface area contributed by atoms with Gasteiger partial charge in [-0.15, -0.1) is 12.4 Å². The molecule has 5 heteroatoms. The van der Waals surface area contributed by atoms with Crippen LogP contribution in [0.3, 0.4) is 0 Å². The highest BCUT2D eigenvalue weighted by Crippen LogP contribution is 2.12. The number of ether oxygens (including phenoxy) is 2. The number of methoxy groups -OCH3 is 1. The minimum atomic E-state index is -0.381. The van der Waals surface area contributed by atoms with Crippen molar-refractivity contribution in [3.63, 3.8) is 0 Å². The smallest absolute Gasteiger partial charge is 0.343 e. The van der Waals surface area contributed by atoms with Crippen LogP contribution in [-0.4, -0.2) is 26.7 Å². The van der Waals surface area contributed by atoms with Gasteiger partial charge in [-0.25, -0.2) is 4.79 Å². The van der Waals surface area contributed by atoms with E-state index in [4.69, 9.17) is 4.74 Å². The van der Waals surface area contributed by atoms with Crippen molar-refractivity contribution in [1.82, 2.24) is 5.32 Å². The van der Waals surface area contributed by atoms with Gasteiger partial charge in [0, 0.05) is 6.54 Å². The molecule has 0 aliphatic heterocycles. The fraction of sp³-hybridized carbons (Fsp3) is 0.364. The summed E-state index contributed by atoms with van der Waals surface area (Å²) in [5.74, 6) is 0.294. The minimum Gasteiger partial charge on any atom is -0.482 e. The van der Waals surface area contributed by atoms with E-state index >= 15 is 0 Å². The van der Waals surface area contributed by atoms with E-state index in [-0.39, 0.29) is 25.0 Å². The molecule has 0 radical (unpaired) electrons. The highest BCUT2D eigenvalue weighted by Gasteiger charge is 2.01. The standard InChI is InChI=1S/C11H15NO3.ClH/c1-12-7-9-4-3-5-10(6-9)15-8-11(13)14-2;/h3-6,12H,7-8H2,1-2H3;1H. The summed E-state index contributed by atoms with van der Waals surface area (Å²) in [4.78, 5) is 10.8. The highest BCUT2D eigenvalue weighted by atomic mass is 35.5. The fourth-order valence-electron chi connectivity index (χ4n) is 1.15. The average Bonchev–Trinajstić information content (AvgIpc) is 2.27. The van der Waals surface area contributed by atoms with Crippen LogP contribution in [0.5, 0.6) is 5.75 Å². The fourth-order valence-corrected chi connectivity index (χ4v) is 1.15.